The maximum Gasteiger partial charge on any atom is 0.273 e. The topological polar surface area (TPSA) is 84.3 Å². The number of nitrogens with zero attached hydrogens (tertiary/aromatic N) is 1. The van der Waals surface area contributed by atoms with E-state index in [2.05, 4.69) is 26.6 Å². The number of hydrogen-bond donors (Lipinski definition) is 2. The molecule has 0 spiro atoms. The van der Waals surface area contributed by atoms with Crippen LogP contribution in [0, 0.1) is 17.0 Å². The van der Waals surface area contributed by atoms with Crippen molar-refractivity contribution in [1.82, 2.24) is 0 Å². The van der Waals surface area contributed by atoms with Gasteiger partial charge in [-0.25, -0.2) is 0 Å². The van der Waals surface area contributed by atoms with E-state index in [9.17, 15) is 14.9 Å². The number of aryl methyl sites for hydroxylation is 1. The van der Waals surface area contributed by atoms with Gasteiger partial charge in [0.1, 0.15) is 0 Å². The van der Waals surface area contributed by atoms with Gasteiger partial charge in [0.2, 0.25) is 0 Å². The number of nitro benzene ring substituents is 1. The molecule has 0 aliphatic carbocycles. The summed E-state index contributed by atoms with van der Waals surface area (Å²) in [6.07, 6.45) is 0. The van der Waals surface area contributed by atoms with Crippen molar-refractivity contribution < 1.29 is 9.72 Å². The Hall–Kier alpha value is -2.41. The van der Waals surface area contributed by atoms with Gasteiger partial charge in [-0.15, -0.1) is 0 Å². The highest BCUT2D eigenvalue weighted by molar-refractivity contribution is 9.10. The molecule has 6 nitrogen and oxygen atoms in total. The van der Waals surface area contributed by atoms with Gasteiger partial charge < -0.3 is 10.6 Å². The Kier molecular flexibility index (Phi) is 4.77. The Bertz CT molecular complexity index is 747. The average Bonchev–Trinajstić information content (AvgIpc) is 2.46. The van der Waals surface area contributed by atoms with Gasteiger partial charge in [-0.2, -0.15) is 0 Å². The number of hydrogen-bond acceptors (Lipinski definition) is 4. The average molecular weight is 364 g/mol. The van der Waals surface area contributed by atoms with E-state index >= 15 is 0 Å². The van der Waals surface area contributed by atoms with E-state index in [1.54, 1.807) is 38.2 Å². The fourth-order valence-corrected chi connectivity index (χ4v) is 2.45. The number of nitrogens with one attached hydrogen (secondary N) is 2. The second-order valence-electron chi connectivity index (χ2n) is 4.66. The van der Waals surface area contributed by atoms with Crippen LogP contribution in [0.15, 0.2) is 40.9 Å². The summed E-state index contributed by atoms with van der Waals surface area (Å²) < 4.78 is 0.828. The molecule has 2 N–H and O–H groups in total. The fraction of sp³-hybridized carbons (Fsp3) is 0.133. The molecule has 0 radical (unpaired) electrons. The molecule has 0 bridgehead atoms. The Morgan fingerprint density at radius 2 is 2.00 bits per heavy atom. The summed E-state index contributed by atoms with van der Waals surface area (Å²) in [5.74, 6) is -0.412. The standard InChI is InChI=1S/C15H14BrN3O3/c1-9-6-13(17-2)12(8-14(9)19(21)22)15(20)18-11-5-3-4-10(16)7-11/h3-8,17H,1-2H3,(H,18,20). The van der Waals surface area contributed by atoms with E-state index in [-0.39, 0.29) is 11.3 Å². The molecule has 2 rings (SSSR count). The molecular formula is C15H14BrN3O3. The summed E-state index contributed by atoms with van der Waals surface area (Å²) in [5.41, 5.74) is 1.77. The molecule has 0 aliphatic heterocycles. The summed E-state index contributed by atoms with van der Waals surface area (Å²) in [4.78, 5) is 23.0. The van der Waals surface area contributed by atoms with E-state index < -0.39 is 10.8 Å². The third-order valence-electron chi connectivity index (χ3n) is 3.13. The van der Waals surface area contributed by atoms with Crippen molar-refractivity contribution >= 4 is 38.9 Å². The van der Waals surface area contributed by atoms with Gasteiger partial charge in [-0.05, 0) is 31.2 Å². The number of nitro groups is 1. The van der Waals surface area contributed by atoms with Crippen LogP contribution in [0.5, 0.6) is 0 Å². The first-order chi connectivity index (χ1) is 10.4. The minimum absolute atomic E-state index is 0.0848. The van der Waals surface area contributed by atoms with Gasteiger partial charge in [0.25, 0.3) is 11.6 Å². The Balaban J connectivity index is 2.39. The first-order valence-electron chi connectivity index (χ1n) is 6.46. The van der Waals surface area contributed by atoms with Crippen LogP contribution in [-0.4, -0.2) is 17.9 Å². The molecule has 0 fully saturated rings. The summed E-state index contributed by atoms with van der Waals surface area (Å²) in [6, 6.07) is 9.99. The van der Waals surface area contributed by atoms with Gasteiger partial charge in [0.15, 0.2) is 0 Å². The second kappa shape index (κ2) is 6.57. The van der Waals surface area contributed by atoms with Gasteiger partial charge in [0.05, 0.1) is 10.5 Å². The molecule has 0 saturated heterocycles. The molecule has 0 saturated carbocycles. The number of carbonyl (C=O) groups excluding carboxylic acids is 1. The normalized spacial score (nSPS) is 10.1. The fourth-order valence-electron chi connectivity index (χ4n) is 2.05. The zero-order chi connectivity index (χ0) is 16.3. The third-order valence-corrected chi connectivity index (χ3v) is 3.62. The van der Waals surface area contributed by atoms with Crippen molar-refractivity contribution in [3.05, 3.63) is 62.1 Å². The van der Waals surface area contributed by atoms with Crippen LogP contribution in [0.3, 0.4) is 0 Å². The molecular weight excluding hydrogens is 350 g/mol. The van der Waals surface area contributed by atoms with Crippen molar-refractivity contribution in [3.63, 3.8) is 0 Å². The molecule has 2 aromatic carbocycles. The lowest BCUT2D eigenvalue weighted by molar-refractivity contribution is -0.385. The molecule has 0 unspecified atom stereocenters. The molecule has 1 amide bonds. The maximum absolute atomic E-state index is 12.4. The highest BCUT2D eigenvalue weighted by Crippen LogP contribution is 2.27. The van der Waals surface area contributed by atoms with Gasteiger partial charge in [0, 0.05) is 34.5 Å². The lowest BCUT2D eigenvalue weighted by Crippen LogP contribution is -2.14. The Morgan fingerprint density at radius 3 is 2.59 bits per heavy atom. The minimum Gasteiger partial charge on any atom is -0.387 e. The number of benzene rings is 2. The lowest BCUT2D eigenvalue weighted by Gasteiger charge is -2.11. The predicted octanol–water partition coefficient (Wildman–Crippen LogP) is 3.96. The largest absolute Gasteiger partial charge is 0.387 e. The van der Waals surface area contributed by atoms with Gasteiger partial charge >= 0.3 is 0 Å². The summed E-state index contributed by atoms with van der Waals surface area (Å²) in [7, 11) is 1.66. The number of anilines is 2. The van der Waals surface area contributed by atoms with E-state index in [1.807, 2.05) is 6.07 Å². The number of amides is 1. The molecule has 7 heteroatoms. The molecule has 22 heavy (non-hydrogen) atoms. The van der Waals surface area contributed by atoms with Crippen molar-refractivity contribution in [1.29, 1.82) is 0 Å². The molecule has 0 atom stereocenters. The van der Waals surface area contributed by atoms with Gasteiger partial charge in [-0.3, -0.25) is 14.9 Å². The van der Waals surface area contributed by atoms with Crippen LogP contribution < -0.4 is 10.6 Å². The first-order valence-corrected chi connectivity index (χ1v) is 7.25. The van der Waals surface area contributed by atoms with Crippen molar-refractivity contribution in [2.75, 3.05) is 17.7 Å². The van der Waals surface area contributed by atoms with E-state index in [0.717, 1.165) is 4.47 Å². The first kappa shape index (κ1) is 16.0. The summed E-state index contributed by atoms with van der Waals surface area (Å²) in [6.45, 7) is 1.63. The number of rotatable bonds is 4. The van der Waals surface area contributed by atoms with Crippen LogP contribution in [0.25, 0.3) is 0 Å². The van der Waals surface area contributed by atoms with Crippen LogP contribution in [-0.2, 0) is 0 Å². The maximum atomic E-state index is 12.4. The third kappa shape index (κ3) is 3.43. The van der Waals surface area contributed by atoms with Crippen molar-refractivity contribution in [2.45, 2.75) is 6.92 Å². The zero-order valence-electron chi connectivity index (χ0n) is 12.0. The van der Waals surface area contributed by atoms with E-state index in [1.165, 1.54) is 6.07 Å². The molecule has 2 aromatic rings. The summed E-state index contributed by atoms with van der Waals surface area (Å²) in [5, 5.41) is 16.7. The van der Waals surface area contributed by atoms with Crippen LogP contribution in [0.1, 0.15) is 15.9 Å². The van der Waals surface area contributed by atoms with E-state index in [0.29, 0.717) is 16.9 Å². The van der Waals surface area contributed by atoms with Crippen molar-refractivity contribution in [2.24, 2.45) is 0 Å². The monoisotopic (exact) mass is 363 g/mol. The SMILES string of the molecule is CNc1cc(C)c([N+](=O)[O-])cc1C(=O)Nc1cccc(Br)c1. The van der Waals surface area contributed by atoms with Crippen LogP contribution in [0.4, 0.5) is 17.1 Å². The van der Waals surface area contributed by atoms with Crippen LogP contribution in [0.2, 0.25) is 0 Å². The zero-order valence-corrected chi connectivity index (χ0v) is 13.6. The quantitative estimate of drug-likeness (QED) is 0.635. The molecule has 0 heterocycles. The Labute approximate surface area is 135 Å². The second-order valence-corrected chi connectivity index (χ2v) is 5.57. The van der Waals surface area contributed by atoms with Crippen LogP contribution >= 0.6 is 15.9 Å². The van der Waals surface area contributed by atoms with Gasteiger partial charge in [-0.1, -0.05) is 22.0 Å². The molecule has 0 aromatic heterocycles. The van der Waals surface area contributed by atoms with Crippen molar-refractivity contribution in [3.8, 4) is 0 Å². The summed E-state index contributed by atoms with van der Waals surface area (Å²) >= 11 is 3.32. The molecule has 0 aliphatic rings. The Morgan fingerprint density at radius 1 is 1.27 bits per heavy atom. The highest BCUT2D eigenvalue weighted by Gasteiger charge is 2.19. The molecule has 114 valence electrons. The highest BCUT2D eigenvalue weighted by atomic mass is 79.9. The minimum atomic E-state index is -0.495. The number of carbonyl (C=O) groups is 1. The predicted molar refractivity (Wildman–Crippen MR) is 89.5 cm³/mol. The smallest absolute Gasteiger partial charge is 0.273 e. The lowest BCUT2D eigenvalue weighted by atomic mass is 10.1. The number of halogens is 1. The van der Waals surface area contributed by atoms with E-state index in [4.69, 9.17) is 0 Å².